The predicted octanol–water partition coefficient (Wildman–Crippen LogP) is -0.0417. The first kappa shape index (κ1) is 5.22. The molecule has 1 aliphatic rings. The van der Waals surface area contributed by atoms with Gasteiger partial charge >= 0.3 is 0 Å². The molecule has 0 fully saturated rings. The standard InChI is InChI=1S/C6H4N3O/c10-6-4-3-8-9-5(4)1-2-7-6/h1-3H,(H,7,10). The predicted molar refractivity (Wildman–Crippen MR) is 36.5 cm³/mol. The summed E-state index contributed by atoms with van der Waals surface area (Å²) in [4.78, 5) is 13.4. The largest absolute Gasteiger partial charge is 0.328 e. The van der Waals surface area contributed by atoms with Crippen molar-refractivity contribution >= 4 is 11.9 Å². The Hall–Kier alpha value is -1.58. The molecule has 0 amide bonds. The summed E-state index contributed by atoms with van der Waals surface area (Å²) in [7, 11) is 0. The molecule has 1 radical (unpaired) electrons. The van der Waals surface area contributed by atoms with E-state index in [0.717, 1.165) is 0 Å². The van der Waals surface area contributed by atoms with Gasteiger partial charge in [-0.1, -0.05) is 0 Å². The lowest BCUT2D eigenvalue weighted by Gasteiger charge is -1.89. The lowest BCUT2D eigenvalue weighted by Crippen LogP contribution is -2.09. The summed E-state index contributed by atoms with van der Waals surface area (Å²) in [6.45, 7) is 0. The van der Waals surface area contributed by atoms with E-state index in [1.807, 2.05) is 0 Å². The number of aromatic nitrogens is 1. The number of nitrogens with zero attached hydrogens (tertiary/aromatic N) is 2. The van der Waals surface area contributed by atoms with Crippen LogP contribution in [0.1, 0.15) is 5.56 Å². The van der Waals surface area contributed by atoms with Crippen LogP contribution in [-0.4, -0.2) is 11.2 Å². The Bertz CT molecular complexity index is 339. The van der Waals surface area contributed by atoms with E-state index in [-0.39, 0.29) is 5.56 Å². The molecule has 0 saturated heterocycles. The second kappa shape index (κ2) is 1.70. The zero-order valence-corrected chi connectivity index (χ0v) is 5.03. The fourth-order valence-electron chi connectivity index (χ4n) is 0.841. The fraction of sp³-hybridized carbons (Fsp3) is 0. The van der Waals surface area contributed by atoms with E-state index in [0.29, 0.717) is 11.3 Å². The maximum Gasteiger partial charge on any atom is 0.259 e. The minimum Gasteiger partial charge on any atom is -0.328 e. The molecule has 0 spiro atoms. The highest BCUT2D eigenvalue weighted by Gasteiger charge is 2.09. The third kappa shape index (κ3) is 0.556. The second-order valence-electron chi connectivity index (χ2n) is 1.95. The van der Waals surface area contributed by atoms with Crippen molar-refractivity contribution in [3.05, 3.63) is 28.2 Å². The van der Waals surface area contributed by atoms with Crippen molar-refractivity contribution in [1.82, 2.24) is 10.4 Å². The molecule has 1 aromatic heterocycles. The van der Waals surface area contributed by atoms with E-state index in [1.165, 1.54) is 6.21 Å². The van der Waals surface area contributed by atoms with Crippen molar-refractivity contribution < 1.29 is 0 Å². The molecule has 0 aromatic carbocycles. The first-order valence-electron chi connectivity index (χ1n) is 2.84. The third-order valence-corrected chi connectivity index (χ3v) is 1.33. The van der Waals surface area contributed by atoms with Crippen LogP contribution in [0.15, 0.2) is 22.2 Å². The maximum atomic E-state index is 10.9. The first-order valence-corrected chi connectivity index (χ1v) is 2.84. The molecule has 0 saturated carbocycles. The smallest absolute Gasteiger partial charge is 0.259 e. The molecular formula is C6H4N3O. The molecule has 0 unspecified atom stereocenters. The highest BCUT2D eigenvalue weighted by atomic mass is 16.1. The number of nitrogens with one attached hydrogen (secondary N) is 1. The van der Waals surface area contributed by atoms with Crippen molar-refractivity contribution in [3.63, 3.8) is 0 Å². The zero-order chi connectivity index (χ0) is 6.97. The molecule has 0 atom stereocenters. The first-order chi connectivity index (χ1) is 4.88. The van der Waals surface area contributed by atoms with Crippen LogP contribution in [0.4, 0.5) is 5.69 Å². The van der Waals surface area contributed by atoms with Crippen LogP contribution in [0, 0.1) is 0 Å². The van der Waals surface area contributed by atoms with Gasteiger partial charge in [0.25, 0.3) is 5.56 Å². The SMILES string of the molecule is O=c1[nH]ccc2c1C=N[N]2. The second-order valence-corrected chi connectivity index (χ2v) is 1.95. The zero-order valence-electron chi connectivity index (χ0n) is 5.03. The third-order valence-electron chi connectivity index (χ3n) is 1.33. The van der Waals surface area contributed by atoms with Gasteiger partial charge in [0, 0.05) is 6.20 Å². The van der Waals surface area contributed by atoms with Gasteiger partial charge in [0.2, 0.25) is 0 Å². The van der Waals surface area contributed by atoms with Crippen molar-refractivity contribution in [1.29, 1.82) is 0 Å². The van der Waals surface area contributed by atoms with Crippen molar-refractivity contribution in [2.75, 3.05) is 0 Å². The summed E-state index contributed by atoms with van der Waals surface area (Å²) >= 11 is 0. The van der Waals surface area contributed by atoms with Gasteiger partial charge in [0.15, 0.2) is 0 Å². The topological polar surface area (TPSA) is 59.3 Å². The lowest BCUT2D eigenvalue weighted by atomic mass is 10.3. The van der Waals surface area contributed by atoms with E-state index < -0.39 is 0 Å². The van der Waals surface area contributed by atoms with E-state index in [1.54, 1.807) is 12.3 Å². The van der Waals surface area contributed by atoms with Gasteiger partial charge in [-0.2, -0.15) is 10.5 Å². The molecule has 2 heterocycles. The highest BCUT2D eigenvalue weighted by Crippen LogP contribution is 2.11. The summed E-state index contributed by atoms with van der Waals surface area (Å²) in [6.07, 6.45) is 3.01. The molecule has 1 aliphatic heterocycles. The Labute approximate surface area is 56.6 Å². The van der Waals surface area contributed by atoms with Crippen molar-refractivity contribution in [3.8, 4) is 0 Å². The number of pyridine rings is 1. The van der Waals surface area contributed by atoms with E-state index in [2.05, 4.69) is 15.5 Å². The van der Waals surface area contributed by atoms with Gasteiger partial charge in [0.05, 0.1) is 11.8 Å². The van der Waals surface area contributed by atoms with Crippen LogP contribution in [0.2, 0.25) is 0 Å². The van der Waals surface area contributed by atoms with Gasteiger partial charge in [-0.05, 0) is 6.07 Å². The summed E-state index contributed by atoms with van der Waals surface area (Å²) in [5.41, 5.74) is 4.76. The Balaban J connectivity index is 2.79. The summed E-state index contributed by atoms with van der Waals surface area (Å²) in [6, 6.07) is 1.71. The number of aromatic amines is 1. The number of H-pyrrole nitrogens is 1. The van der Waals surface area contributed by atoms with E-state index >= 15 is 0 Å². The number of hydrogen-bond donors (Lipinski definition) is 1. The Morgan fingerprint density at radius 1 is 1.50 bits per heavy atom. The lowest BCUT2D eigenvalue weighted by molar-refractivity contribution is 0.985. The minimum absolute atomic E-state index is 0.137. The van der Waals surface area contributed by atoms with Crippen LogP contribution in [0.25, 0.3) is 0 Å². The molecule has 4 heteroatoms. The highest BCUT2D eigenvalue weighted by molar-refractivity contribution is 5.88. The van der Waals surface area contributed by atoms with Crippen LogP contribution in [0.3, 0.4) is 0 Å². The number of fused-ring (bicyclic) bond motifs is 1. The van der Waals surface area contributed by atoms with Crippen LogP contribution < -0.4 is 11.0 Å². The normalized spacial score (nSPS) is 12.8. The summed E-state index contributed by atoms with van der Waals surface area (Å²) < 4.78 is 0. The Morgan fingerprint density at radius 2 is 2.40 bits per heavy atom. The monoisotopic (exact) mass is 134 g/mol. The average Bonchev–Trinajstić information content (AvgIpc) is 2.36. The molecule has 1 N–H and O–H groups in total. The number of rotatable bonds is 0. The van der Waals surface area contributed by atoms with E-state index in [9.17, 15) is 4.79 Å². The Kier molecular flexibility index (Phi) is 0.887. The summed E-state index contributed by atoms with van der Waals surface area (Å²) in [5, 5.41) is 3.59. The molecular weight excluding hydrogens is 130 g/mol. The molecule has 10 heavy (non-hydrogen) atoms. The molecule has 0 bridgehead atoms. The van der Waals surface area contributed by atoms with Crippen molar-refractivity contribution in [2.24, 2.45) is 5.10 Å². The Morgan fingerprint density at radius 3 is 3.20 bits per heavy atom. The number of hydrogen-bond acceptors (Lipinski definition) is 2. The summed E-state index contributed by atoms with van der Waals surface area (Å²) in [5.74, 6) is 0. The van der Waals surface area contributed by atoms with Gasteiger partial charge in [-0.3, -0.25) is 4.79 Å². The molecule has 49 valence electrons. The molecule has 4 nitrogen and oxygen atoms in total. The molecule has 0 aliphatic carbocycles. The molecule has 1 aromatic rings. The maximum absolute atomic E-state index is 10.9. The van der Waals surface area contributed by atoms with Crippen LogP contribution >= 0.6 is 0 Å². The van der Waals surface area contributed by atoms with Gasteiger partial charge in [-0.15, -0.1) is 0 Å². The van der Waals surface area contributed by atoms with Gasteiger partial charge in [0.1, 0.15) is 5.69 Å². The van der Waals surface area contributed by atoms with Gasteiger partial charge < -0.3 is 4.98 Å². The van der Waals surface area contributed by atoms with Crippen LogP contribution in [-0.2, 0) is 0 Å². The van der Waals surface area contributed by atoms with Gasteiger partial charge in [-0.25, -0.2) is 0 Å². The molecule has 2 rings (SSSR count). The van der Waals surface area contributed by atoms with E-state index in [4.69, 9.17) is 0 Å². The fourth-order valence-corrected chi connectivity index (χ4v) is 0.841. The minimum atomic E-state index is -0.137. The van der Waals surface area contributed by atoms with Crippen LogP contribution in [0.5, 0.6) is 0 Å². The quantitative estimate of drug-likeness (QED) is 0.531. The van der Waals surface area contributed by atoms with Crippen molar-refractivity contribution in [2.45, 2.75) is 0 Å². The average molecular weight is 134 g/mol.